The average molecular weight is 259 g/mol. The highest BCUT2D eigenvalue weighted by Crippen LogP contribution is 2.21. The molecule has 92 valence electrons. The van der Waals surface area contributed by atoms with Gasteiger partial charge in [0.25, 0.3) is 0 Å². The molecule has 0 unspecified atom stereocenters. The largest absolute Gasteiger partial charge is 0.744 e. The first-order valence-electron chi connectivity index (χ1n) is 5.29. The highest BCUT2D eigenvalue weighted by Gasteiger charge is 2.02. The highest BCUT2D eigenvalue weighted by molar-refractivity contribution is 7.85. The first-order chi connectivity index (χ1) is 8.50. The molecule has 0 N–H and O–H groups in total. The second kappa shape index (κ2) is 4.76. The Bertz CT molecular complexity index is 653. The van der Waals surface area contributed by atoms with Crippen molar-refractivity contribution >= 4 is 16.2 Å². The number of hydrogen-bond donors (Lipinski definition) is 0. The van der Waals surface area contributed by atoms with Crippen molar-refractivity contribution in [2.75, 3.05) is 0 Å². The lowest BCUT2D eigenvalue weighted by Crippen LogP contribution is -1.97. The summed E-state index contributed by atoms with van der Waals surface area (Å²) < 4.78 is 32.4. The minimum Gasteiger partial charge on any atom is -0.744 e. The average Bonchev–Trinajstić information content (AvgIpc) is 2.38. The maximum atomic E-state index is 10.8. The molecule has 0 bridgehead atoms. The molecule has 0 saturated heterocycles. The van der Waals surface area contributed by atoms with Crippen LogP contribution in [0.15, 0.2) is 60.0 Å². The van der Waals surface area contributed by atoms with Crippen LogP contribution < -0.4 is 0 Å². The first kappa shape index (κ1) is 12.5. The lowest BCUT2D eigenvalue weighted by molar-refractivity contribution is 0.463. The molecule has 0 radical (unpaired) electrons. The van der Waals surface area contributed by atoms with Gasteiger partial charge in [0.05, 0.1) is 4.90 Å². The van der Waals surface area contributed by atoms with E-state index in [1.165, 1.54) is 12.1 Å². The van der Waals surface area contributed by atoms with Crippen LogP contribution in [0.2, 0.25) is 0 Å². The van der Waals surface area contributed by atoms with Crippen molar-refractivity contribution in [3.05, 3.63) is 60.7 Å². The maximum absolute atomic E-state index is 10.8. The Hall–Kier alpha value is -1.91. The fourth-order valence-electron chi connectivity index (χ4n) is 1.63. The van der Waals surface area contributed by atoms with Gasteiger partial charge in [-0.25, -0.2) is 8.42 Å². The molecule has 0 spiro atoms. The van der Waals surface area contributed by atoms with E-state index in [-0.39, 0.29) is 4.90 Å². The van der Waals surface area contributed by atoms with Crippen molar-refractivity contribution in [3.8, 4) is 11.1 Å². The van der Waals surface area contributed by atoms with Crippen molar-refractivity contribution in [1.82, 2.24) is 0 Å². The number of rotatable bonds is 3. The summed E-state index contributed by atoms with van der Waals surface area (Å²) in [6.07, 6.45) is 1.75. The van der Waals surface area contributed by atoms with Gasteiger partial charge < -0.3 is 4.55 Å². The second-order valence-electron chi connectivity index (χ2n) is 3.80. The van der Waals surface area contributed by atoms with Crippen LogP contribution in [0.1, 0.15) is 5.56 Å². The van der Waals surface area contributed by atoms with E-state index in [1.807, 2.05) is 24.3 Å². The molecular weight excluding hydrogens is 248 g/mol. The summed E-state index contributed by atoms with van der Waals surface area (Å²) >= 11 is 0. The van der Waals surface area contributed by atoms with Crippen molar-refractivity contribution < 1.29 is 13.0 Å². The lowest BCUT2D eigenvalue weighted by atomic mass is 10.0. The Labute approximate surface area is 106 Å². The summed E-state index contributed by atoms with van der Waals surface area (Å²) in [6, 6.07) is 13.5. The van der Waals surface area contributed by atoms with Crippen LogP contribution in [-0.4, -0.2) is 13.0 Å². The molecule has 18 heavy (non-hydrogen) atoms. The monoisotopic (exact) mass is 259 g/mol. The van der Waals surface area contributed by atoms with E-state index in [9.17, 15) is 13.0 Å². The van der Waals surface area contributed by atoms with Crippen LogP contribution in [0.5, 0.6) is 0 Å². The second-order valence-corrected chi connectivity index (χ2v) is 5.18. The summed E-state index contributed by atoms with van der Waals surface area (Å²) in [4.78, 5) is -0.214. The van der Waals surface area contributed by atoms with Gasteiger partial charge in [0.2, 0.25) is 0 Å². The van der Waals surface area contributed by atoms with Gasteiger partial charge >= 0.3 is 0 Å². The Morgan fingerprint density at radius 3 is 1.72 bits per heavy atom. The molecule has 2 rings (SSSR count). The Balaban J connectivity index is 2.37. The zero-order valence-electron chi connectivity index (χ0n) is 9.54. The van der Waals surface area contributed by atoms with Gasteiger partial charge in [-0.05, 0) is 28.8 Å². The van der Waals surface area contributed by atoms with Gasteiger partial charge in [-0.15, -0.1) is 0 Å². The van der Waals surface area contributed by atoms with E-state index in [2.05, 4.69) is 6.58 Å². The van der Waals surface area contributed by atoms with Crippen molar-refractivity contribution in [2.45, 2.75) is 4.90 Å². The van der Waals surface area contributed by atoms with Gasteiger partial charge in [0, 0.05) is 0 Å². The van der Waals surface area contributed by atoms with E-state index in [0.717, 1.165) is 16.7 Å². The zero-order valence-corrected chi connectivity index (χ0v) is 10.4. The van der Waals surface area contributed by atoms with Crippen LogP contribution >= 0.6 is 0 Å². The topological polar surface area (TPSA) is 57.2 Å². The Morgan fingerprint density at radius 2 is 1.33 bits per heavy atom. The van der Waals surface area contributed by atoms with Gasteiger partial charge in [-0.2, -0.15) is 0 Å². The minimum atomic E-state index is -4.38. The van der Waals surface area contributed by atoms with Crippen molar-refractivity contribution in [2.24, 2.45) is 0 Å². The molecule has 2 aromatic rings. The van der Waals surface area contributed by atoms with E-state index in [1.54, 1.807) is 18.2 Å². The van der Waals surface area contributed by atoms with Gasteiger partial charge in [-0.3, -0.25) is 0 Å². The van der Waals surface area contributed by atoms with Crippen LogP contribution in [0.25, 0.3) is 17.2 Å². The summed E-state index contributed by atoms with van der Waals surface area (Å²) in [5, 5.41) is 0. The SMILES string of the molecule is C=Cc1ccc(-c2ccc(S(=O)(=O)[O-])cc2)cc1. The Morgan fingerprint density at radius 1 is 0.889 bits per heavy atom. The molecule has 0 fully saturated rings. The number of benzene rings is 2. The molecule has 0 aliphatic heterocycles. The normalized spacial score (nSPS) is 11.2. The molecular formula is C14H11O3S-. The van der Waals surface area contributed by atoms with Gasteiger partial charge in [0.1, 0.15) is 10.1 Å². The summed E-state index contributed by atoms with van der Waals surface area (Å²) in [5.41, 5.74) is 2.82. The van der Waals surface area contributed by atoms with Crippen LogP contribution in [0.3, 0.4) is 0 Å². The third-order valence-corrected chi connectivity index (χ3v) is 3.47. The van der Waals surface area contributed by atoms with Crippen LogP contribution in [-0.2, 0) is 10.1 Å². The number of hydrogen-bond acceptors (Lipinski definition) is 3. The smallest absolute Gasteiger partial charge is 0.124 e. The molecule has 4 heteroatoms. The zero-order chi connectivity index (χ0) is 13.2. The molecule has 0 amide bonds. The molecule has 3 nitrogen and oxygen atoms in total. The third kappa shape index (κ3) is 2.67. The maximum Gasteiger partial charge on any atom is 0.124 e. The van der Waals surface area contributed by atoms with Gasteiger partial charge in [-0.1, -0.05) is 49.1 Å². The predicted octanol–water partition coefficient (Wildman–Crippen LogP) is 2.90. The van der Waals surface area contributed by atoms with E-state index in [4.69, 9.17) is 0 Å². The molecule has 0 aromatic heterocycles. The fraction of sp³-hybridized carbons (Fsp3) is 0. The minimum absolute atomic E-state index is 0.214. The molecule has 0 atom stereocenters. The summed E-state index contributed by atoms with van der Waals surface area (Å²) in [7, 11) is -4.38. The summed E-state index contributed by atoms with van der Waals surface area (Å²) in [6.45, 7) is 3.67. The Kier molecular flexibility index (Phi) is 3.32. The molecule has 0 aliphatic rings. The molecule has 0 aliphatic carbocycles. The lowest BCUT2D eigenvalue weighted by Gasteiger charge is -2.08. The standard InChI is InChI=1S/C14H12O3S/c1-2-11-3-5-12(6-4-11)13-7-9-14(10-8-13)18(15,16)17/h2-10H,1H2,(H,15,16,17)/p-1. The summed E-state index contributed by atoms with van der Waals surface area (Å²) in [5.74, 6) is 0. The van der Waals surface area contributed by atoms with E-state index >= 15 is 0 Å². The highest BCUT2D eigenvalue weighted by atomic mass is 32.2. The van der Waals surface area contributed by atoms with Crippen LogP contribution in [0, 0.1) is 0 Å². The quantitative estimate of drug-likeness (QED) is 0.796. The van der Waals surface area contributed by atoms with Crippen molar-refractivity contribution in [1.29, 1.82) is 0 Å². The molecule has 2 aromatic carbocycles. The first-order valence-corrected chi connectivity index (χ1v) is 6.70. The van der Waals surface area contributed by atoms with Crippen LogP contribution in [0.4, 0.5) is 0 Å². The van der Waals surface area contributed by atoms with E-state index in [0.29, 0.717) is 0 Å². The predicted molar refractivity (Wildman–Crippen MR) is 69.9 cm³/mol. The third-order valence-electron chi connectivity index (χ3n) is 2.62. The van der Waals surface area contributed by atoms with E-state index < -0.39 is 10.1 Å². The fourth-order valence-corrected chi connectivity index (χ4v) is 2.10. The van der Waals surface area contributed by atoms with Crippen molar-refractivity contribution in [3.63, 3.8) is 0 Å². The molecule has 0 saturated carbocycles. The molecule has 0 heterocycles. The van der Waals surface area contributed by atoms with Gasteiger partial charge in [0.15, 0.2) is 0 Å².